The molecule has 0 radical (unpaired) electrons. The molecule has 12 nitrogen and oxygen atoms in total. The minimum atomic E-state index is -0.682. The number of methoxy groups -OCH3 is 1. The molecule has 204 valence electrons. The zero-order chi connectivity index (χ0) is 28.2. The molecule has 1 fully saturated rings. The van der Waals surface area contributed by atoms with E-state index in [1.54, 1.807) is 36.0 Å². The molecule has 0 aliphatic carbocycles. The van der Waals surface area contributed by atoms with E-state index in [4.69, 9.17) is 10.1 Å². The van der Waals surface area contributed by atoms with Crippen LogP contribution in [0.25, 0.3) is 22.7 Å². The lowest BCUT2D eigenvalue weighted by atomic mass is 10.1. The zero-order valence-electron chi connectivity index (χ0n) is 22.5. The largest absolute Gasteiger partial charge is 0.494 e. The Bertz CT molecular complexity index is 1680. The fourth-order valence-corrected chi connectivity index (χ4v) is 4.78. The molecule has 1 amide bonds. The van der Waals surface area contributed by atoms with Crippen LogP contribution in [-0.2, 0) is 9.53 Å². The van der Waals surface area contributed by atoms with Gasteiger partial charge >= 0.3 is 0 Å². The van der Waals surface area contributed by atoms with Crippen molar-refractivity contribution in [3.8, 4) is 11.3 Å². The van der Waals surface area contributed by atoms with E-state index >= 15 is 0 Å². The Morgan fingerprint density at radius 3 is 2.50 bits per heavy atom. The number of carbonyl (C=O) groups excluding carboxylic acids is 2. The molecule has 1 aliphatic rings. The van der Waals surface area contributed by atoms with Crippen LogP contribution in [0.2, 0.25) is 0 Å². The van der Waals surface area contributed by atoms with E-state index in [9.17, 15) is 9.59 Å². The van der Waals surface area contributed by atoms with Crippen LogP contribution in [0.5, 0.6) is 0 Å². The van der Waals surface area contributed by atoms with Gasteiger partial charge < -0.3 is 24.9 Å². The van der Waals surface area contributed by atoms with Crippen LogP contribution in [0.1, 0.15) is 23.1 Å². The van der Waals surface area contributed by atoms with Gasteiger partial charge in [0.1, 0.15) is 24.2 Å². The first-order chi connectivity index (χ1) is 19.4. The lowest BCUT2D eigenvalue weighted by Crippen LogP contribution is -2.51. The van der Waals surface area contributed by atoms with Crippen molar-refractivity contribution in [1.29, 1.82) is 5.41 Å². The van der Waals surface area contributed by atoms with E-state index in [2.05, 4.69) is 29.9 Å². The normalized spacial score (nSPS) is 15.0. The summed E-state index contributed by atoms with van der Waals surface area (Å²) >= 11 is 0. The Labute approximate surface area is 230 Å². The second-order valence-electron chi connectivity index (χ2n) is 9.22. The Morgan fingerprint density at radius 1 is 1.10 bits per heavy atom. The van der Waals surface area contributed by atoms with Crippen LogP contribution in [0.3, 0.4) is 0 Å². The number of amides is 1. The number of ketones is 1. The summed E-state index contributed by atoms with van der Waals surface area (Å²) in [5.74, 6) is -0.573. The summed E-state index contributed by atoms with van der Waals surface area (Å²) < 4.78 is 6.97. The minimum Gasteiger partial charge on any atom is -0.494 e. The Hall–Kier alpha value is -5.13. The van der Waals surface area contributed by atoms with Crippen LogP contribution in [0.15, 0.2) is 55.4 Å². The van der Waals surface area contributed by atoms with Crippen LogP contribution < -0.4 is 15.5 Å². The van der Waals surface area contributed by atoms with E-state index in [0.717, 1.165) is 23.2 Å². The molecule has 3 aromatic heterocycles. The summed E-state index contributed by atoms with van der Waals surface area (Å²) in [7, 11) is 1.42. The van der Waals surface area contributed by atoms with Crippen molar-refractivity contribution in [3.05, 3.63) is 77.3 Å². The predicted octanol–water partition coefficient (Wildman–Crippen LogP) is 0.984. The second kappa shape index (κ2) is 11.3. The lowest BCUT2D eigenvalue weighted by Gasteiger charge is -2.36. The van der Waals surface area contributed by atoms with Crippen molar-refractivity contribution in [2.45, 2.75) is 13.8 Å². The van der Waals surface area contributed by atoms with Gasteiger partial charge in [-0.2, -0.15) is 5.10 Å². The monoisotopic (exact) mass is 539 g/mol. The van der Waals surface area contributed by atoms with Gasteiger partial charge in [0.2, 0.25) is 0 Å². The van der Waals surface area contributed by atoms with Crippen molar-refractivity contribution in [3.63, 3.8) is 0 Å². The summed E-state index contributed by atoms with van der Waals surface area (Å²) in [6.45, 7) is 5.32. The highest BCUT2D eigenvalue weighted by Gasteiger charge is 2.30. The van der Waals surface area contributed by atoms with Gasteiger partial charge in [0.25, 0.3) is 11.7 Å². The molecule has 12 heteroatoms. The molecule has 0 atom stereocenters. The van der Waals surface area contributed by atoms with Gasteiger partial charge in [-0.1, -0.05) is 30.3 Å². The summed E-state index contributed by atoms with van der Waals surface area (Å²) in [5.41, 5.74) is 3.44. The Kier molecular flexibility index (Phi) is 7.49. The molecule has 0 unspecified atom stereocenters. The van der Waals surface area contributed by atoms with Gasteiger partial charge in [0.15, 0.2) is 0 Å². The third kappa shape index (κ3) is 4.98. The van der Waals surface area contributed by atoms with Gasteiger partial charge in [-0.15, -0.1) is 0 Å². The maximum absolute atomic E-state index is 13.5. The minimum absolute atomic E-state index is 0.127. The number of hydrogen-bond donors (Lipinski definition) is 2. The summed E-state index contributed by atoms with van der Waals surface area (Å²) in [5, 5.41) is 13.0. The smallest absolute Gasteiger partial charge is 0.295 e. The number of hydrogen-bond acceptors (Lipinski definition) is 9. The molecule has 0 bridgehead atoms. The molecular formula is C28H29N9O3. The Balaban J connectivity index is 1.41. The van der Waals surface area contributed by atoms with E-state index < -0.39 is 11.7 Å². The molecular weight excluding hydrogens is 510 g/mol. The van der Waals surface area contributed by atoms with Crippen molar-refractivity contribution >= 4 is 35.0 Å². The van der Waals surface area contributed by atoms with Gasteiger partial charge in [0, 0.05) is 37.9 Å². The van der Waals surface area contributed by atoms with E-state index in [1.807, 2.05) is 30.3 Å². The molecule has 5 rings (SSSR count). The number of Topliss-reactive ketones (excluding diaryl/α,β-unsaturated/α-hetero) is 1. The van der Waals surface area contributed by atoms with Crippen LogP contribution in [-0.4, -0.2) is 85.8 Å². The number of anilines is 1. The van der Waals surface area contributed by atoms with Gasteiger partial charge in [-0.3, -0.25) is 9.59 Å². The van der Waals surface area contributed by atoms with Gasteiger partial charge in [-0.05, 0) is 13.8 Å². The number of H-pyrrole nitrogens is 1. The first kappa shape index (κ1) is 26.5. The van der Waals surface area contributed by atoms with Crippen LogP contribution in [0, 0.1) is 12.3 Å². The van der Waals surface area contributed by atoms with Crippen molar-refractivity contribution in [2.24, 2.45) is 0 Å². The fraction of sp³-hybridized carbons (Fsp3) is 0.250. The summed E-state index contributed by atoms with van der Waals surface area (Å²) in [4.78, 5) is 46.6. The number of nitrogens with zero attached hydrogens (tertiary/aromatic N) is 7. The number of piperazine rings is 1. The fourth-order valence-electron chi connectivity index (χ4n) is 4.78. The average Bonchev–Trinajstić information content (AvgIpc) is 3.64. The maximum Gasteiger partial charge on any atom is 0.295 e. The number of benzene rings is 1. The number of nitrogens with one attached hydrogen (secondary N) is 2. The standard InChI is InChI=1S/C28H29N9O3/c1-18(37-17-33-19(2)34-37)25-24(23(13-29)40-3)21(14-31-25)27(38)28(39)36-11-9-35(10-12-36)22-15-30-16-32-26(22)20-7-5-4-6-8-20/h4-8,13-17,29,31H,9-12H2,1-3H3/b24-23+,25-18-,29-13?. The molecule has 1 saturated heterocycles. The highest BCUT2D eigenvalue weighted by molar-refractivity contribution is 6.42. The quantitative estimate of drug-likeness (QED) is 0.201. The first-order valence-corrected chi connectivity index (χ1v) is 12.7. The van der Waals surface area contributed by atoms with Gasteiger partial charge in [0.05, 0.1) is 52.7 Å². The molecule has 0 saturated carbocycles. The summed E-state index contributed by atoms with van der Waals surface area (Å²) in [6, 6.07) is 9.86. The Morgan fingerprint density at radius 2 is 1.85 bits per heavy atom. The van der Waals surface area contributed by atoms with Crippen molar-refractivity contribution in [2.75, 3.05) is 38.2 Å². The molecule has 40 heavy (non-hydrogen) atoms. The van der Waals surface area contributed by atoms with Crippen LogP contribution >= 0.6 is 0 Å². The molecule has 0 spiro atoms. The zero-order valence-corrected chi connectivity index (χ0v) is 22.5. The molecule has 4 heterocycles. The van der Waals surface area contributed by atoms with E-state index in [-0.39, 0.29) is 11.3 Å². The lowest BCUT2D eigenvalue weighted by molar-refractivity contribution is -0.126. The van der Waals surface area contributed by atoms with Crippen molar-refractivity contribution < 1.29 is 14.3 Å². The van der Waals surface area contributed by atoms with E-state index in [1.165, 1.54) is 19.6 Å². The highest BCUT2D eigenvalue weighted by Crippen LogP contribution is 2.28. The third-order valence-electron chi connectivity index (χ3n) is 6.88. The molecule has 4 aromatic rings. The predicted molar refractivity (Wildman–Crippen MR) is 149 cm³/mol. The second-order valence-corrected chi connectivity index (χ2v) is 9.22. The average molecular weight is 540 g/mol. The maximum atomic E-state index is 13.5. The molecule has 1 aromatic carbocycles. The number of rotatable bonds is 7. The SMILES string of the molecule is CO/C(C=N)=c1\c(C(=O)C(=O)N2CCN(c3cncnc3-c3ccccc3)CC2)c[nH]\c1=C(\C)n1cnc(C)n1. The molecule has 1 aliphatic heterocycles. The van der Waals surface area contributed by atoms with E-state index in [0.29, 0.717) is 48.3 Å². The number of aromatic amines is 1. The van der Waals surface area contributed by atoms with Crippen molar-refractivity contribution in [1.82, 2.24) is 34.6 Å². The third-order valence-corrected chi connectivity index (χ3v) is 6.88. The number of aromatic nitrogens is 6. The topological polar surface area (TPSA) is 146 Å². The number of ether oxygens (including phenoxy) is 1. The van der Waals surface area contributed by atoms with Crippen LogP contribution in [0.4, 0.5) is 5.69 Å². The first-order valence-electron chi connectivity index (χ1n) is 12.7. The number of carbonyl (C=O) groups is 2. The molecule has 2 N–H and O–H groups in total. The highest BCUT2D eigenvalue weighted by atomic mass is 16.5. The summed E-state index contributed by atoms with van der Waals surface area (Å²) in [6.07, 6.45) is 7.35. The van der Waals surface area contributed by atoms with Gasteiger partial charge in [-0.25, -0.2) is 19.6 Å². The number of aryl methyl sites for hydroxylation is 1.